The summed E-state index contributed by atoms with van der Waals surface area (Å²) in [5, 5.41) is 13.1. The summed E-state index contributed by atoms with van der Waals surface area (Å²) in [6.45, 7) is 9.78. The molecule has 1 N–H and O–H groups in total. The minimum atomic E-state index is -0.829. The van der Waals surface area contributed by atoms with Gasteiger partial charge in [0.25, 0.3) is 0 Å². The van der Waals surface area contributed by atoms with Gasteiger partial charge >= 0.3 is 0 Å². The SMILES string of the molecule is Cc1nc(SCC(=O)N[C@](C)(C#N)C(C)C)n(C2CCCC2)c1C. The molecule has 1 aliphatic rings. The van der Waals surface area contributed by atoms with E-state index < -0.39 is 5.54 Å². The predicted molar refractivity (Wildman–Crippen MR) is 96.9 cm³/mol. The van der Waals surface area contributed by atoms with Gasteiger partial charge in [-0.05, 0) is 39.5 Å². The van der Waals surface area contributed by atoms with Gasteiger partial charge in [0.2, 0.25) is 5.91 Å². The summed E-state index contributed by atoms with van der Waals surface area (Å²) in [5.41, 5.74) is 1.41. The number of nitrogens with zero attached hydrogens (tertiary/aromatic N) is 3. The standard InChI is InChI=1S/C18H28N4OS/c1-12(2)18(5,11-19)21-16(23)10-24-17-20-13(3)14(4)22(17)15-8-6-7-9-15/h12,15H,6-10H2,1-5H3,(H,21,23)/t18-/m1/s1. The predicted octanol–water partition coefficient (Wildman–Crippen LogP) is 3.76. The minimum Gasteiger partial charge on any atom is -0.337 e. The molecule has 1 aliphatic carbocycles. The maximum Gasteiger partial charge on any atom is 0.231 e. The highest BCUT2D eigenvalue weighted by Crippen LogP contribution is 2.35. The lowest BCUT2D eigenvalue weighted by molar-refractivity contribution is -0.120. The zero-order valence-corrected chi connectivity index (χ0v) is 16.2. The Kier molecular flexibility index (Phi) is 5.97. The van der Waals surface area contributed by atoms with Crippen LogP contribution in [0.15, 0.2) is 5.16 Å². The smallest absolute Gasteiger partial charge is 0.231 e. The summed E-state index contributed by atoms with van der Waals surface area (Å²) in [6, 6.07) is 2.73. The van der Waals surface area contributed by atoms with E-state index in [1.165, 1.54) is 43.1 Å². The lowest BCUT2D eigenvalue weighted by Gasteiger charge is -2.27. The maximum absolute atomic E-state index is 12.3. The fourth-order valence-electron chi connectivity index (χ4n) is 3.05. The number of nitrogens with one attached hydrogen (secondary N) is 1. The quantitative estimate of drug-likeness (QED) is 0.795. The lowest BCUT2D eigenvalue weighted by Crippen LogP contribution is -2.49. The fourth-order valence-corrected chi connectivity index (χ4v) is 4.01. The van der Waals surface area contributed by atoms with E-state index >= 15 is 0 Å². The fraction of sp³-hybridized carbons (Fsp3) is 0.722. The van der Waals surface area contributed by atoms with Crippen LogP contribution < -0.4 is 5.32 Å². The van der Waals surface area contributed by atoms with E-state index in [4.69, 9.17) is 0 Å². The summed E-state index contributed by atoms with van der Waals surface area (Å²) in [7, 11) is 0. The van der Waals surface area contributed by atoms with Crippen molar-refractivity contribution in [2.75, 3.05) is 5.75 Å². The largest absolute Gasteiger partial charge is 0.337 e. The molecule has 132 valence electrons. The van der Waals surface area contributed by atoms with Gasteiger partial charge in [-0.2, -0.15) is 5.26 Å². The summed E-state index contributed by atoms with van der Waals surface area (Å²) in [5.74, 6) is 0.225. The molecule has 0 unspecified atom stereocenters. The van der Waals surface area contributed by atoms with Gasteiger partial charge in [0.05, 0.1) is 17.5 Å². The number of amides is 1. The molecule has 0 radical (unpaired) electrons. The molecule has 1 amide bonds. The molecule has 1 saturated carbocycles. The molecule has 2 rings (SSSR count). The summed E-state index contributed by atoms with van der Waals surface area (Å²) >= 11 is 1.47. The third-order valence-corrected chi connectivity index (χ3v) is 6.12. The van der Waals surface area contributed by atoms with E-state index in [1.807, 2.05) is 20.8 Å². The second-order valence-corrected chi connectivity index (χ2v) is 8.12. The molecule has 1 aromatic rings. The highest BCUT2D eigenvalue weighted by Gasteiger charge is 2.30. The van der Waals surface area contributed by atoms with Crippen LogP contribution in [0.2, 0.25) is 0 Å². The van der Waals surface area contributed by atoms with Gasteiger partial charge in [0.1, 0.15) is 5.54 Å². The Morgan fingerprint density at radius 2 is 2.08 bits per heavy atom. The molecular formula is C18H28N4OS. The van der Waals surface area contributed by atoms with Crippen molar-refractivity contribution in [2.24, 2.45) is 5.92 Å². The molecule has 1 atom stereocenters. The van der Waals surface area contributed by atoms with Gasteiger partial charge < -0.3 is 9.88 Å². The van der Waals surface area contributed by atoms with Gasteiger partial charge in [0.15, 0.2) is 5.16 Å². The van der Waals surface area contributed by atoms with Crippen LogP contribution in [0, 0.1) is 31.1 Å². The van der Waals surface area contributed by atoms with Gasteiger partial charge in [0, 0.05) is 11.7 Å². The maximum atomic E-state index is 12.3. The molecule has 0 aliphatic heterocycles. The first-order valence-electron chi connectivity index (χ1n) is 8.69. The average molecular weight is 349 g/mol. The van der Waals surface area contributed by atoms with Crippen LogP contribution in [0.5, 0.6) is 0 Å². The third-order valence-electron chi connectivity index (χ3n) is 5.16. The molecule has 0 aromatic carbocycles. The number of aromatic nitrogens is 2. The molecule has 0 spiro atoms. The first-order chi connectivity index (χ1) is 11.3. The number of imidazole rings is 1. The van der Waals surface area contributed by atoms with Crippen molar-refractivity contribution >= 4 is 17.7 Å². The van der Waals surface area contributed by atoms with E-state index in [1.54, 1.807) is 6.92 Å². The Balaban J connectivity index is 2.06. The van der Waals surface area contributed by atoms with Gasteiger partial charge in [-0.15, -0.1) is 0 Å². The van der Waals surface area contributed by atoms with Crippen molar-refractivity contribution in [2.45, 2.75) is 77.0 Å². The molecule has 6 heteroatoms. The number of hydrogen-bond donors (Lipinski definition) is 1. The van der Waals surface area contributed by atoms with Crippen LogP contribution >= 0.6 is 11.8 Å². The van der Waals surface area contributed by atoms with Crippen LogP contribution in [0.25, 0.3) is 0 Å². The van der Waals surface area contributed by atoms with Gasteiger partial charge in [-0.3, -0.25) is 4.79 Å². The molecule has 5 nitrogen and oxygen atoms in total. The van der Waals surface area contributed by atoms with E-state index in [-0.39, 0.29) is 17.6 Å². The minimum absolute atomic E-state index is 0.0569. The van der Waals surface area contributed by atoms with Crippen LogP contribution in [0.4, 0.5) is 0 Å². The third kappa shape index (κ3) is 3.94. The normalized spacial score (nSPS) is 17.7. The number of aryl methyl sites for hydroxylation is 1. The summed E-state index contributed by atoms with van der Waals surface area (Å²) in [4.78, 5) is 17.0. The van der Waals surface area contributed by atoms with E-state index in [2.05, 4.69) is 27.9 Å². The molecule has 1 fully saturated rings. The van der Waals surface area contributed by atoms with Crippen molar-refractivity contribution < 1.29 is 4.79 Å². The van der Waals surface area contributed by atoms with Crippen LogP contribution in [0.1, 0.15) is 63.9 Å². The molecule has 0 saturated heterocycles. The lowest BCUT2D eigenvalue weighted by atomic mass is 9.90. The Morgan fingerprint density at radius 3 is 2.62 bits per heavy atom. The van der Waals surface area contributed by atoms with Crippen LogP contribution in [-0.2, 0) is 4.79 Å². The average Bonchev–Trinajstić information content (AvgIpc) is 3.14. The van der Waals surface area contributed by atoms with Crippen LogP contribution in [0.3, 0.4) is 0 Å². The zero-order valence-electron chi connectivity index (χ0n) is 15.3. The number of carbonyl (C=O) groups excluding carboxylic acids is 1. The van der Waals surface area contributed by atoms with Crippen molar-refractivity contribution in [3.05, 3.63) is 11.4 Å². The first kappa shape index (κ1) is 18.9. The highest BCUT2D eigenvalue weighted by molar-refractivity contribution is 7.99. The van der Waals surface area contributed by atoms with Crippen molar-refractivity contribution in [1.82, 2.24) is 14.9 Å². The number of rotatable bonds is 6. The number of thioether (sulfide) groups is 1. The molecular weight excluding hydrogens is 320 g/mol. The molecule has 1 aromatic heterocycles. The van der Waals surface area contributed by atoms with Crippen molar-refractivity contribution in [3.8, 4) is 6.07 Å². The molecule has 0 bridgehead atoms. The Hall–Kier alpha value is -1.48. The monoisotopic (exact) mass is 348 g/mol. The second-order valence-electron chi connectivity index (χ2n) is 7.18. The topological polar surface area (TPSA) is 70.7 Å². The van der Waals surface area contributed by atoms with E-state index in [0.717, 1.165) is 10.9 Å². The second kappa shape index (κ2) is 7.60. The number of hydrogen-bond acceptors (Lipinski definition) is 4. The molecule has 24 heavy (non-hydrogen) atoms. The molecule has 1 heterocycles. The Labute approximate surface area is 149 Å². The first-order valence-corrected chi connectivity index (χ1v) is 9.67. The van der Waals surface area contributed by atoms with Crippen molar-refractivity contribution in [1.29, 1.82) is 5.26 Å². The Bertz CT molecular complexity index is 640. The van der Waals surface area contributed by atoms with Gasteiger partial charge in [-0.1, -0.05) is 38.5 Å². The summed E-state index contributed by atoms with van der Waals surface area (Å²) < 4.78 is 2.31. The Morgan fingerprint density at radius 1 is 1.46 bits per heavy atom. The zero-order chi connectivity index (χ0) is 17.9. The van der Waals surface area contributed by atoms with Crippen LogP contribution in [-0.4, -0.2) is 26.8 Å². The number of carbonyl (C=O) groups is 1. The number of nitriles is 1. The van der Waals surface area contributed by atoms with E-state index in [9.17, 15) is 10.1 Å². The van der Waals surface area contributed by atoms with Gasteiger partial charge in [-0.25, -0.2) is 4.98 Å². The summed E-state index contributed by atoms with van der Waals surface area (Å²) in [6.07, 6.45) is 4.91. The van der Waals surface area contributed by atoms with E-state index in [0.29, 0.717) is 6.04 Å². The van der Waals surface area contributed by atoms with Crippen molar-refractivity contribution in [3.63, 3.8) is 0 Å². The highest BCUT2D eigenvalue weighted by atomic mass is 32.2.